The Hall–Kier alpha value is -1.66. The van der Waals surface area contributed by atoms with Crippen molar-refractivity contribution < 1.29 is 4.74 Å². The quantitative estimate of drug-likeness (QED) is 0.850. The highest BCUT2D eigenvalue weighted by molar-refractivity contribution is 7.13. The second-order valence-corrected chi connectivity index (χ2v) is 4.16. The molecule has 0 radical (unpaired) electrons. The molecule has 6 heteroatoms. The molecule has 1 heterocycles. The number of nitrogens with two attached hydrogens (primary N) is 1. The molecule has 0 fully saturated rings. The van der Waals surface area contributed by atoms with E-state index in [1.165, 1.54) is 11.3 Å². The second kappa shape index (κ2) is 5.60. The number of aromatic nitrogens is 2. The van der Waals surface area contributed by atoms with Crippen LogP contribution in [0.1, 0.15) is 12.5 Å². The SMILES string of the molecule is CCOc1ccc(Nc2nncs2)cc1CN. The predicted molar refractivity (Wildman–Crippen MR) is 68.7 cm³/mol. The molecule has 0 saturated carbocycles. The summed E-state index contributed by atoms with van der Waals surface area (Å²) in [5.41, 5.74) is 9.28. The lowest BCUT2D eigenvalue weighted by Crippen LogP contribution is -2.03. The molecule has 1 aromatic heterocycles. The summed E-state index contributed by atoms with van der Waals surface area (Å²) in [5, 5.41) is 11.6. The van der Waals surface area contributed by atoms with Crippen LogP contribution in [0.3, 0.4) is 0 Å². The lowest BCUT2D eigenvalue weighted by atomic mass is 10.2. The summed E-state index contributed by atoms with van der Waals surface area (Å²) in [7, 11) is 0. The summed E-state index contributed by atoms with van der Waals surface area (Å²) in [6.07, 6.45) is 0. The zero-order chi connectivity index (χ0) is 12.1. The van der Waals surface area contributed by atoms with E-state index in [1.54, 1.807) is 5.51 Å². The molecular weight excluding hydrogens is 236 g/mol. The smallest absolute Gasteiger partial charge is 0.209 e. The molecule has 5 nitrogen and oxygen atoms in total. The highest BCUT2D eigenvalue weighted by Gasteiger charge is 2.04. The Morgan fingerprint density at radius 1 is 1.47 bits per heavy atom. The lowest BCUT2D eigenvalue weighted by molar-refractivity contribution is 0.336. The third-order valence-electron chi connectivity index (χ3n) is 2.19. The topological polar surface area (TPSA) is 73.1 Å². The first-order chi connectivity index (χ1) is 8.33. The minimum Gasteiger partial charge on any atom is -0.494 e. The van der Waals surface area contributed by atoms with Gasteiger partial charge in [0.1, 0.15) is 11.3 Å². The molecule has 1 aromatic carbocycles. The number of hydrogen-bond acceptors (Lipinski definition) is 6. The molecule has 0 saturated heterocycles. The first-order valence-corrected chi connectivity index (χ1v) is 6.20. The van der Waals surface area contributed by atoms with E-state index in [0.29, 0.717) is 13.2 Å². The van der Waals surface area contributed by atoms with Crippen LogP contribution in [0.4, 0.5) is 10.8 Å². The largest absolute Gasteiger partial charge is 0.494 e. The van der Waals surface area contributed by atoms with Gasteiger partial charge in [0.05, 0.1) is 6.61 Å². The van der Waals surface area contributed by atoms with E-state index in [-0.39, 0.29) is 0 Å². The second-order valence-electron chi connectivity index (χ2n) is 3.33. The molecule has 0 amide bonds. The molecule has 0 aliphatic carbocycles. The van der Waals surface area contributed by atoms with Crippen LogP contribution in [0.2, 0.25) is 0 Å². The van der Waals surface area contributed by atoms with Crippen molar-refractivity contribution in [1.29, 1.82) is 0 Å². The fourth-order valence-electron chi connectivity index (χ4n) is 1.46. The van der Waals surface area contributed by atoms with Crippen LogP contribution in [0.15, 0.2) is 23.7 Å². The first-order valence-electron chi connectivity index (χ1n) is 5.32. The maximum absolute atomic E-state index is 5.69. The van der Waals surface area contributed by atoms with E-state index in [2.05, 4.69) is 15.5 Å². The zero-order valence-corrected chi connectivity index (χ0v) is 10.3. The monoisotopic (exact) mass is 250 g/mol. The molecule has 0 unspecified atom stereocenters. The Kier molecular flexibility index (Phi) is 3.89. The maximum Gasteiger partial charge on any atom is 0.209 e. The van der Waals surface area contributed by atoms with Crippen molar-refractivity contribution >= 4 is 22.2 Å². The van der Waals surface area contributed by atoms with Crippen LogP contribution < -0.4 is 15.8 Å². The van der Waals surface area contributed by atoms with Crippen molar-refractivity contribution in [3.05, 3.63) is 29.3 Å². The Labute approximate surface area is 104 Å². The first kappa shape index (κ1) is 11.8. The van der Waals surface area contributed by atoms with Gasteiger partial charge in [-0.1, -0.05) is 11.3 Å². The van der Waals surface area contributed by atoms with Crippen LogP contribution in [-0.4, -0.2) is 16.8 Å². The molecule has 17 heavy (non-hydrogen) atoms. The number of rotatable bonds is 5. The molecule has 0 aliphatic heterocycles. The molecule has 0 bridgehead atoms. The van der Waals surface area contributed by atoms with Gasteiger partial charge in [-0.2, -0.15) is 0 Å². The number of anilines is 2. The number of benzene rings is 1. The van der Waals surface area contributed by atoms with Crippen molar-refractivity contribution in [2.24, 2.45) is 5.73 Å². The maximum atomic E-state index is 5.69. The lowest BCUT2D eigenvalue weighted by Gasteiger charge is -2.10. The van der Waals surface area contributed by atoms with Gasteiger partial charge < -0.3 is 15.8 Å². The van der Waals surface area contributed by atoms with Crippen LogP contribution in [-0.2, 0) is 6.54 Å². The molecule has 0 aliphatic rings. The molecular formula is C11H14N4OS. The average molecular weight is 250 g/mol. The fraction of sp³-hybridized carbons (Fsp3) is 0.273. The van der Waals surface area contributed by atoms with Crippen LogP contribution in [0.5, 0.6) is 5.75 Å². The van der Waals surface area contributed by atoms with Gasteiger partial charge in [-0.15, -0.1) is 10.2 Å². The minimum atomic E-state index is 0.445. The molecule has 3 N–H and O–H groups in total. The summed E-state index contributed by atoms with van der Waals surface area (Å²) in [4.78, 5) is 0. The van der Waals surface area contributed by atoms with Crippen LogP contribution in [0, 0.1) is 0 Å². The summed E-state index contributed by atoms with van der Waals surface area (Å²) >= 11 is 1.45. The molecule has 2 rings (SSSR count). The van der Waals surface area contributed by atoms with Gasteiger partial charge in [0.15, 0.2) is 0 Å². The van der Waals surface area contributed by atoms with Gasteiger partial charge in [0.25, 0.3) is 0 Å². The molecule has 0 atom stereocenters. The van der Waals surface area contributed by atoms with Crippen molar-refractivity contribution in [2.45, 2.75) is 13.5 Å². The van der Waals surface area contributed by atoms with Gasteiger partial charge in [-0.05, 0) is 25.1 Å². The van der Waals surface area contributed by atoms with Gasteiger partial charge in [0.2, 0.25) is 5.13 Å². The Balaban J connectivity index is 2.19. The zero-order valence-electron chi connectivity index (χ0n) is 9.51. The number of ether oxygens (including phenoxy) is 1. The number of nitrogens with one attached hydrogen (secondary N) is 1. The van der Waals surface area contributed by atoms with E-state index in [9.17, 15) is 0 Å². The fourth-order valence-corrected chi connectivity index (χ4v) is 1.93. The standard InChI is InChI=1S/C11H14N4OS/c1-2-16-10-4-3-9(5-8(10)6-12)14-11-15-13-7-17-11/h3-5,7H,2,6,12H2,1H3,(H,14,15). The summed E-state index contributed by atoms with van der Waals surface area (Å²) in [6.45, 7) is 3.03. The third-order valence-corrected chi connectivity index (χ3v) is 2.80. The predicted octanol–water partition coefficient (Wildman–Crippen LogP) is 2.14. The van der Waals surface area contributed by atoms with Crippen molar-refractivity contribution in [3.8, 4) is 5.75 Å². The van der Waals surface area contributed by atoms with Gasteiger partial charge in [-0.3, -0.25) is 0 Å². The minimum absolute atomic E-state index is 0.445. The normalized spacial score (nSPS) is 10.2. The Morgan fingerprint density at radius 3 is 3.00 bits per heavy atom. The number of nitrogens with zero attached hydrogens (tertiary/aromatic N) is 2. The third kappa shape index (κ3) is 2.92. The summed E-state index contributed by atoms with van der Waals surface area (Å²) in [6, 6.07) is 5.81. The van der Waals surface area contributed by atoms with Crippen LogP contribution >= 0.6 is 11.3 Å². The Bertz CT molecular complexity index is 472. The number of hydrogen-bond donors (Lipinski definition) is 2. The molecule has 90 valence electrons. The molecule has 0 spiro atoms. The summed E-state index contributed by atoms with van der Waals surface area (Å²) in [5.74, 6) is 0.831. The van der Waals surface area contributed by atoms with E-state index >= 15 is 0 Å². The van der Waals surface area contributed by atoms with E-state index < -0.39 is 0 Å². The molecule has 2 aromatic rings. The highest BCUT2D eigenvalue weighted by atomic mass is 32.1. The summed E-state index contributed by atoms with van der Waals surface area (Å²) < 4.78 is 5.48. The van der Waals surface area contributed by atoms with Gasteiger partial charge in [0, 0.05) is 17.8 Å². The van der Waals surface area contributed by atoms with E-state index in [0.717, 1.165) is 22.1 Å². The van der Waals surface area contributed by atoms with Crippen molar-refractivity contribution in [2.75, 3.05) is 11.9 Å². The van der Waals surface area contributed by atoms with Gasteiger partial charge >= 0.3 is 0 Å². The van der Waals surface area contributed by atoms with Crippen molar-refractivity contribution in [3.63, 3.8) is 0 Å². The van der Waals surface area contributed by atoms with Gasteiger partial charge in [-0.25, -0.2) is 0 Å². The van der Waals surface area contributed by atoms with E-state index in [4.69, 9.17) is 10.5 Å². The highest BCUT2D eigenvalue weighted by Crippen LogP contribution is 2.25. The van der Waals surface area contributed by atoms with E-state index in [1.807, 2.05) is 25.1 Å². The average Bonchev–Trinajstić information content (AvgIpc) is 2.84. The van der Waals surface area contributed by atoms with Crippen LogP contribution in [0.25, 0.3) is 0 Å². The Morgan fingerprint density at radius 2 is 2.35 bits per heavy atom. The van der Waals surface area contributed by atoms with Crippen molar-refractivity contribution in [1.82, 2.24) is 10.2 Å².